The highest BCUT2D eigenvalue weighted by atomic mass is 16.4. The molecule has 1 aliphatic carbocycles. The Labute approximate surface area is 98.7 Å². The van der Waals surface area contributed by atoms with Crippen LogP contribution in [0.3, 0.4) is 0 Å². The van der Waals surface area contributed by atoms with Crippen LogP contribution < -0.4 is 0 Å². The first-order chi connectivity index (χ1) is 7.63. The average molecular weight is 221 g/mol. The summed E-state index contributed by atoms with van der Waals surface area (Å²) in [5.74, 6) is 0.456. The normalized spacial score (nSPS) is 21.6. The first-order valence-corrected chi connectivity index (χ1v) is 6.13. The minimum Gasteiger partial charge on any atom is -0.411 e. The molecule has 0 aromatic carbocycles. The van der Waals surface area contributed by atoms with Crippen molar-refractivity contribution in [1.29, 1.82) is 0 Å². The molecule has 0 bridgehead atoms. The highest BCUT2D eigenvalue weighted by Crippen LogP contribution is 2.27. The van der Waals surface area contributed by atoms with Gasteiger partial charge >= 0.3 is 0 Å². The van der Waals surface area contributed by atoms with Crippen molar-refractivity contribution in [2.45, 2.75) is 52.9 Å². The molecular weight excluding hydrogens is 198 g/mol. The Balaban J connectivity index is 2.38. The molecule has 0 unspecified atom stereocenters. The van der Waals surface area contributed by atoms with Crippen LogP contribution in [0.4, 0.5) is 0 Å². The van der Waals surface area contributed by atoms with Crippen LogP contribution in [-0.4, -0.2) is 10.9 Å². The van der Waals surface area contributed by atoms with Crippen molar-refractivity contribution in [2.24, 2.45) is 11.1 Å². The lowest BCUT2D eigenvalue weighted by atomic mass is 9.85. The van der Waals surface area contributed by atoms with Gasteiger partial charge in [-0.1, -0.05) is 28.5 Å². The first kappa shape index (κ1) is 13.0. The maximum Gasteiger partial charge on any atom is 0.0574 e. The van der Waals surface area contributed by atoms with Gasteiger partial charge in [-0.15, -0.1) is 0 Å². The summed E-state index contributed by atoms with van der Waals surface area (Å²) in [6.07, 6.45) is 10.3. The summed E-state index contributed by atoms with van der Waals surface area (Å²) in [6.45, 7) is 6.20. The quantitative estimate of drug-likeness (QED) is 0.326. The molecule has 2 heteroatoms. The van der Waals surface area contributed by atoms with Crippen molar-refractivity contribution in [3.8, 4) is 0 Å². The van der Waals surface area contributed by atoms with Crippen molar-refractivity contribution >= 4 is 5.71 Å². The monoisotopic (exact) mass is 221 g/mol. The fourth-order valence-electron chi connectivity index (χ4n) is 2.12. The maximum atomic E-state index is 8.71. The summed E-state index contributed by atoms with van der Waals surface area (Å²) in [7, 11) is 0. The molecule has 0 amide bonds. The number of nitrogens with zero attached hydrogens (tertiary/aromatic N) is 1. The molecule has 0 aliphatic heterocycles. The van der Waals surface area contributed by atoms with E-state index < -0.39 is 0 Å². The second kappa shape index (κ2) is 6.51. The van der Waals surface area contributed by atoms with Gasteiger partial charge in [0.1, 0.15) is 0 Å². The number of rotatable bonds is 4. The van der Waals surface area contributed by atoms with Crippen LogP contribution in [-0.2, 0) is 0 Å². The van der Waals surface area contributed by atoms with Crippen LogP contribution in [0.1, 0.15) is 52.9 Å². The van der Waals surface area contributed by atoms with E-state index in [2.05, 4.69) is 31.2 Å². The summed E-state index contributed by atoms with van der Waals surface area (Å²) < 4.78 is 0. The van der Waals surface area contributed by atoms with E-state index in [1.54, 1.807) is 5.57 Å². The first-order valence-electron chi connectivity index (χ1n) is 6.13. The molecule has 0 aromatic heterocycles. The van der Waals surface area contributed by atoms with E-state index >= 15 is 0 Å². The van der Waals surface area contributed by atoms with Gasteiger partial charge in [0.2, 0.25) is 0 Å². The van der Waals surface area contributed by atoms with Crippen LogP contribution in [0.25, 0.3) is 0 Å². The van der Waals surface area contributed by atoms with Crippen LogP contribution in [0, 0.1) is 5.92 Å². The predicted octanol–water partition coefficient (Wildman–Crippen LogP) is 4.31. The third kappa shape index (κ3) is 4.21. The lowest BCUT2D eigenvalue weighted by Gasteiger charge is -2.20. The SMILES string of the molecule is CC(C)=CCCC1=CC[C@H](/C(C)=N\O)CC1. The molecule has 0 saturated carbocycles. The third-order valence-corrected chi connectivity index (χ3v) is 3.27. The Kier molecular flexibility index (Phi) is 5.30. The van der Waals surface area contributed by atoms with E-state index in [-0.39, 0.29) is 0 Å². The van der Waals surface area contributed by atoms with Gasteiger partial charge < -0.3 is 5.21 Å². The zero-order chi connectivity index (χ0) is 12.0. The highest BCUT2D eigenvalue weighted by Gasteiger charge is 2.16. The number of oxime groups is 1. The molecular formula is C14H23NO. The van der Waals surface area contributed by atoms with Crippen molar-refractivity contribution in [3.63, 3.8) is 0 Å². The molecule has 0 aromatic rings. The van der Waals surface area contributed by atoms with Crippen LogP contribution in [0.2, 0.25) is 0 Å². The number of hydrogen-bond donors (Lipinski definition) is 1. The molecule has 0 saturated heterocycles. The summed E-state index contributed by atoms with van der Waals surface area (Å²) in [5, 5.41) is 12.0. The second-order valence-electron chi connectivity index (χ2n) is 4.90. The molecule has 2 nitrogen and oxygen atoms in total. The largest absolute Gasteiger partial charge is 0.411 e. The van der Waals surface area contributed by atoms with Gasteiger partial charge in [0.15, 0.2) is 0 Å². The van der Waals surface area contributed by atoms with E-state index in [0.717, 1.165) is 31.4 Å². The Morgan fingerprint density at radius 2 is 2.25 bits per heavy atom. The lowest BCUT2D eigenvalue weighted by Crippen LogP contribution is -2.14. The van der Waals surface area contributed by atoms with Crippen molar-refractivity contribution in [3.05, 3.63) is 23.3 Å². The minimum absolute atomic E-state index is 0.456. The summed E-state index contributed by atoms with van der Waals surface area (Å²) in [5.41, 5.74) is 3.84. The van der Waals surface area contributed by atoms with Gasteiger partial charge in [0, 0.05) is 5.92 Å². The molecule has 1 N–H and O–H groups in total. The second-order valence-corrected chi connectivity index (χ2v) is 4.90. The Hall–Kier alpha value is -1.05. The van der Waals surface area contributed by atoms with Crippen LogP contribution in [0.15, 0.2) is 28.5 Å². The molecule has 0 fully saturated rings. The van der Waals surface area contributed by atoms with E-state index in [1.165, 1.54) is 12.0 Å². The molecule has 1 rings (SSSR count). The van der Waals surface area contributed by atoms with E-state index in [1.807, 2.05) is 6.92 Å². The fourth-order valence-corrected chi connectivity index (χ4v) is 2.12. The topological polar surface area (TPSA) is 32.6 Å². The third-order valence-electron chi connectivity index (χ3n) is 3.27. The molecule has 16 heavy (non-hydrogen) atoms. The fraction of sp³-hybridized carbons (Fsp3) is 0.643. The zero-order valence-electron chi connectivity index (χ0n) is 10.7. The molecule has 0 heterocycles. The van der Waals surface area contributed by atoms with Crippen molar-refractivity contribution in [1.82, 2.24) is 0 Å². The molecule has 90 valence electrons. The number of allylic oxidation sites excluding steroid dienone is 4. The van der Waals surface area contributed by atoms with Gasteiger partial charge in [0.05, 0.1) is 5.71 Å². The zero-order valence-corrected chi connectivity index (χ0v) is 10.7. The molecule has 0 radical (unpaired) electrons. The van der Waals surface area contributed by atoms with E-state index in [4.69, 9.17) is 5.21 Å². The van der Waals surface area contributed by atoms with E-state index in [9.17, 15) is 0 Å². The van der Waals surface area contributed by atoms with Gasteiger partial charge in [-0.25, -0.2) is 0 Å². The molecule has 1 aliphatic rings. The number of hydrogen-bond acceptors (Lipinski definition) is 2. The lowest BCUT2D eigenvalue weighted by molar-refractivity contribution is 0.313. The summed E-state index contributed by atoms with van der Waals surface area (Å²) in [4.78, 5) is 0. The van der Waals surface area contributed by atoms with Gasteiger partial charge in [0.25, 0.3) is 0 Å². The van der Waals surface area contributed by atoms with Crippen LogP contribution >= 0.6 is 0 Å². The predicted molar refractivity (Wildman–Crippen MR) is 69.0 cm³/mol. The Morgan fingerprint density at radius 3 is 2.75 bits per heavy atom. The van der Waals surface area contributed by atoms with Gasteiger partial charge in [-0.2, -0.15) is 0 Å². The average Bonchev–Trinajstić information content (AvgIpc) is 2.28. The van der Waals surface area contributed by atoms with Crippen molar-refractivity contribution < 1.29 is 5.21 Å². The highest BCUT2D eigenvalue weighted by molar-refractivity contribution is 5.84. The van der Waals surface area contributed by atoms with Gasteiger partial charge in [-0.05, 0) is 52.9 Å². The Bertz CT molecular complexity index is 309. The standard InChI is InChI=1S/C14H23NO/c1-11(2)5-4-6-13-7-9-14(10-8-13)12(3)15-16/h5,7,14,16H,4,6,8-10H2,1-3H3/b15-12-/t14-/m0/s1. The van der Waals surface area contributed by atoms with Crippen molar-refractivity contribution in [2.75, 3.05) is 0 Å². The minimum atomic E-state index is 0.456. The smallest absolute Gasteiger partial charge is 0.0574 e. The van der Waals surface area contributed by atoms with Crippen LogP contribution in [0.5, 0.6) is 0 Å². The summed E-state index contributed by atoms with van der Waals surface area (Å²) >= 11 is 0. The Morgan fingerprint density at radius 1 is 1.50 bits per heavy atom. The van der Waals surface area contributed by atoms with E-state index in [0.29, 0.717) is 5.92 Å². The van der Waals surface area contributed by atoms with Gasteiger partial charge in [-0.3, -0.25) is 0 Å². The molecule has 1 atom stereocenters. The maximum absolute atomic E-state index is 8.71. The molecule has 0 spiro atoms. The summed E-state index contributed by atoms with van der Waals surface area (Å²) in [6, 6.07) is 0.